The van der Waals surface area contributed by atoms with Crippen molar-refractivity contribution < 1.29 is 23.1 Å². The van der Waals surface area contributed by atoms with Gasteiger partial charge in [0, 0.05) is 25.2 Å². The zero-order chi connectivity index (χ0) is 14.4. The Balaban J connectivity index is 2.86. The Morgan fingerprint density at radius 3 is 2.32 bits per heavy atom. The van der Waals surface area contributed by atoms with Gasteiger partial charge in [0.1, 0.15) is 11.5 Å². The second-order valence-electron chi connectivity index (χ2n) is 3.89. The highest BCUT2D eigenvalue weighted by atomic mass is 19.1. The van der Waals surface area contributed by atoms with E-state index in [9.17, 15) is 18.0 Å². The van der Waals surface area contributed by atoms with Crippen LogP contribution in [0.25, 0.3) is 0 Å². The first kappa shape index (κ1) is 15.3. The van der Waals surface area contributed by atoms with E-state index in [1.54, 1.807) is 0 Å². The van der Waals surface area contributed by atoms with Crippen LogP contribution in [-0.2, 0) is 0 Å². The Morgan fingerprint density at radius 2 is 1.84 bits per heavy atom. The highest BCUT2D eigenvalue weighted by molar-refractivity contribution is 5.89. The lowest BCUT2D eigenvalue weighted by Gasteiger charge is -2.21. The summed E-state index contributed by atoms with van der Waals surface area (Å²) in [6.07, 6.45) is 0.627. The summed E-state index contributed by atoms with van der Waals surface area (Å²) < 4.78 is 39.4. The first-order valence-corrected chi connectivity index (χ1v) is 5.81. The number of hydrogen-bond acceptors (Lipinski definition) is 2. The fourth-order valence-corrected chi connectivity index (χ4v) is 1.55. The summed E-state index contributed by atoms with van der Waals surface area (Å²) in [6.45, 7) is 1.93. The second kappa shape index (κ2) is 6.98. The minimum atomic E-state index is -1.19. The number of rotatable bonds is 5. The normalized spacial score (nSPS) is 10.4. The van der Waals surface area contributed by atoms with Gasteiger partial charge in [-0.05, 0) is 6.42 Å². The topological polar surface area (TPSA) is 52.6 Å². The number of nitrogens with zero attached hydrogens (tertiary/aromatic N) is 1. The largest absolute Gasteiger partial charge is 0.395 e. The molecule has 0 saturated carbocycles. The molecule has 0 aliphatic carbocycles. The Bertz CT molecular complexity index is 426. The summed E-state index contributed by atoms with van der Waals surface area (Å²) in [5.41, 5.74) is -0.703. The number of aliphatic hydroxyl groups excluding tert-OH is 1. The molecular formula is C12H15F3N2O2. The van der Waals surface area contributed by atoms with Crippen LogP contribution in [0.3, 0.4) is 0 Å². The fraction of sp³-hybridized carbons (Fsp3) is 0.417. The molecule has 1 aromatic carbocycles. The molecule has 0 saturated heterocycles. The predicted molar refractivity (Wildman–Crippen MR) is 64.3 cm³/mol. The maximum absolute atomic E-state index is 13.3. The van der Waals surface area contributed by atoms with Crippen molar-refractivity contribution in [3.8, 4) is 0 Å². The number of halogens is 3. The minimum Gasteiger partial charge on any atom is -0.395 e. The van der Waals surface area contributed by atoms with Crippen molar-refractivity contribution in [3.63, 3.8) is 0 Å². The van der Waals surface area contributed by atoms with E-state index in [0.29, 0.717) is 25.1 Å². The summed E-state index contributed by atoms with van der Waals surface area (Å²) in [7, 11) is 0. The Hall–Kier alpha value is -1.76. The Labute approximate surface area is 108 Å². The molecule has 106 valence electrons. The number of aliphatic hydroxyl groups is 1. The van der Waals surface area contributed by atoms with Crippen molar-refractivity contribution in [2.75, 3.05) is 25.0 Å². The maximum atomic E-state index is 13.3. The smallest absolute Gasteiger partial charge is 0.322 e. The van der Waals surface area contributed by atoms with Crippen LogP contribution in [-0.4, -0.2) is 35.7 Å². The van der Waals surface area contributed by atoms with Crippen LogP contribution in [0.1, 0.15) is 13.3 Å². The first-order valence-electron chi connectivity index (χ1n) is 5.81. The van der Waals surface area contributed by atoms with E-state index in [0.717, 1.165) is 0 Å². The molecule has 19 heavy (non-hydrogen) atoms. The second-order valence-corrected chi connectivity index (χ2v) is 3.89. The Kier molecular flexibility index (Phi) is 5.62. The molecule has 2 N–H and O–H groups in total. The van der Waals surface area contributed by atoms with E-state index < -0.39 is 29.2 Å². The van der Waals surface area contributed by atoms with E-state index in [1.165, 1.54) is 4.90 Å². The standard InChI is InChI=1S/C12H15F3N2O2/c1-2-3-17(4-5-18)12(19)16-11-9(14)6-8(13)7-10(11)15/h6-7,18H,2-5H2,1H3,(H,16,19). The van der Waals surface area contributed by atoms with Crippen LogP contribution in [0.15, 0.2) is 12.1 Å². The highest BCUT2D eigenvalue weighted by Gasteiger charge is 2.18. The van der Waals surface area contributed by atoms with Gasteiger partial charge in [-0.1, -0.05) is 6.92 Å². The molecule has 0 unspecified atom stereocenters. The van der Waals surface area contributed by atoms with E-state index >= 15 is 0 Å². The third kappa shape index (κ3) is 4.13. The fourth-order valence-electron chi connectivity index (χ4n) is 1.55. The number of amides is 2. The third-order valence-corrected chi connectivity index (χ3v) is 2.39. The van der Waals surface area contributed by atoms with Gasteiger partial charge in [-0.2, -0.15) is 0 Å². The highest BCUT2D eigenvalue weighted by Crippen LogP contribution is 2.20. The summed E-state index contributed by atoms with van der Waals surface area (Å²) in [5.74, 6) is -3.44. The minimum absolute atomic E-state index is 0.0457. The molecule has 1 aromatic rings. The first-order chi connectivity index (χ1) is 8.99. The SMILES string of the molecule is CCCN(CCO)C(=O)Nc1c(F)cc(F)cc1F. The molecule has 0 aliphatic heterocycles. The molecule has 1 rings (SSSR count). The van der Waals surface area contributed by atoms with E-state index in [1.807, 2.05) is 12.2 Å². The number of urea groups is 1. The number of benzene rings is 1. The van der Waals surface area contributed by atoms with Gasteiger partial charge in [-0.3, -0.25) is 0 Å². The number of nitrogens with one attached hydrogen (secondary N) is 1. The average Bonchev–Trinajstić information content (AvgIpc) is 2.33. The molecule has 0 atom stereocenters. The lowest BCUT2D eigenvalue weighted by molar-refractivity contribution is 0.188. The van der Waals surface area contributed by atoms with Crippen LogP contribution in [0.5, 0.6) is 0 Å². The molecule has 0 aliphatic rings. The molecule has 0 spiro atoms. The zero-order valence-electron chi connectivity index (χ0n) is 10.4. The lowest BCUT2D eigenvalue weighted by Crippen LogP contribution is -2.38. The van der Waals surface area contributed by atoms with Gasteiger partial charge in [0.2, 0.25) is 0 Å². The average molecular weight is 276 g/mol. The van der Waals surface area contributed by atoms with Crippen molar-refractivity contribution in [3.05, 3.63) is 29.6 Å². The van der Waals surface area contributed by atoms with Crippen molar-refractivity contribution in [1.29, 1.82) is 0 Å². The summed E-state index contributed by atoms with van der Waals surface area (Å²) in [5, 5.41) is 10.8. The molecule has 2 amide bonds. The zero-order valence-corrected chi connectivity index (χ0v) is 10.4. The van der Waals surface area contributed by atoms with Gasteiger partial charge >= 0.3 is 6.03 Å². The van der Waals surface area contributed by atoms with Crippen LogP contribution in [0, 0.1) is 17.5 Å². The molecule has 4 nitrogen and oxygen atoms in total. The summed E-state index contributed by atoms with van der Waals surface area (Å²) in [4.78, 5) is 13.0. The summed E-state index contributed by atoms with van der Waals surface area (Å²) in [6, 6.07) is 0.212. The summed E-state index contributed by atoms with van der Waals surface area (Å²) >= 11 is 0. The van der Waals surface area contributed by atoms with Gasteiger partial charge < -0.3 is 15.3 Å². The molecule has 0 radical (unpaired) electrons. The van der Waals surface area contributed by atoms with Crippen molar-refractivity contribution in [2.45, 2.75) is 13.3 Å². The van der Waals surface area contributed by atoms with E-state index in [2.05, 4.69) is 0 Å². The van der Waals surface area contributed by atoms with Crippen molar-refractivity contribution >= 4 is 11.7 Å². The van der Waals surface area contributed by atoms with Gasteiger partial charge in [0.15, 0.2) is 11.6 Å². The van der Waals surface area contributed by atoms with Crippen LogP contribution in [0.2, 0.25) is 0 Å². The number of carbonyl (C=O) groups is 1. The number of carbonyl (C=O) groups excluding carboxylic acids is 1. The van der Waals surface area contributed by atoms with E-state index in [-0.39, 0.29) is 13.2 Å². The molecule has 0 heterocycles. The van der Waals surface area contributed by atoms with Crippen LogP contribution >= 0.6 is 0 Å². The molecular weight excluding hydrogens is 261 g/mol. The number of hydrogen-bond donors (Lipinski definition) is 2. The molecule has 0 fully saturated rings. The van der Waals surface area contributed by atoms with Crippen molar-refractivity contribution in [2.24, 2.45) is 0 Å². The van der Waals surface area contributed by atoms with Crippen LogP contribution < -0.4 is 5.32 Å². The van der Waals surface area contributed by atoms with Gasteiger partial charge in [0.25, 0.3) is 0 Å². The molecule has 0 bridgehead atoms. The molecule has 0 aromatic heterocycles. The predicted octanol–water partition coefficient (Wildman–Crippen LogP) is 2.34. The Morgan fingerprint density at radius 1 is 1.26 bits per heavy atom. The van der Waals surface area contributed by atoms with Crippen LogP contribution in [0.4, 0.5) is 23.7 Å². The number of anilines is 1. The van der Waals surface area contributed by atoms with Gasteiger partial charge in [-0.25, -0.2) is 18.0 Å². The van der Waals surface area contributed by atoms with E-state index in [4.69, 9.17) is 5.11 Å². The van der Waals surface area contributed by atoms with Gasteiger partial charge in [-0.15, -0.1) is 0 Å². The lowest BCUT2D eigenvalue weighted by atomic mass is 10.3. The quantitative estimate of drug-likeness (QED) is 0.867. The third-order valence-electron chi connectivity index (χ3n) is 2.39. The van der Waals surface area contributed by atoms with Crippen molar-refractivity contribution in [1.82, 2.24) is 4.90 Å². The molecule has 7 heteroatoms. The maximum Gasteiger partial charge on any atom is 0.322 e. The monoisotopic (exact) mass is 276 g/mol. The van der Waals surface area contributed by atoms with Gasteiger partial charge in [0.05, 0.1) is 6.61 Å².